The Hall–Kier alpha value is -1.90. The van der Waals surface area contributed by atoms with Crippen molar-refractivity contribution < 1.29 is 27.8 Å². The van der Waals surface area contributed by atoms with E-state index in [2.05, 4.69) is 4.98 Å². The van der Waals surface area contributed by atoms with Crippen LogP contribution in [-0.2, 0) is 23.1 Å². The molecule has 0 saturated carbocycles. The zero-order valence-corrected chi connectivity index (χ0v) is 13.3. The lowest BCUT2D eigenvalue weighted by molar-refractivity contribution is -0.916. The Kier molecular flexibility index (Phi) is 4.13. The average molecular weight is 339 g/mol. The summed E-state index contributed by atoms with van der Waals surface area (Å²) >= 11 is 0. The molecule has 3 rings (SSSR count). The van der Waals surface area contributed by atoms with E-state index in [-0.39, 0.29) is 11.3 Å². The summed E-state index contributed by atoms with van der Waals surface area (Å²) in [7, 11) is -3.90. The monoisotopic (exact) mass is 339 g/mol. The number of carboxylic acid groups (broad SMARTS) is 1. The van der Waals surface area contributed by atoms with Crippen molar-refractivity contribution in [1.82, 2.24) is 4.98 Å². The van der Waals surface area contributed by atoms with Gasteiger partial charge in [-0.2, -0.15) is 8.42 Å². The molecular formula is C15H19N2O5S+. The van der Waals surface area contributed by atoms with E-state index in [9.17, 15) is 13.2 Å². The number of aromatic amines is 1. The SMILES string of the molecule is O=C(O)c1ccc2[nH]c3c(c2c1)CC[NH+](CCCS(=O)(=O)O)C3. The Balaban J connectivity index is 1.76. The van der Waals surface area contributed by atoms with Gasteiger partial charge in [0.1, 0.15) is 6.54 Å². The first kappa shape index (κ1) is 16.0. The van der Waals surface area contributed by atoms with Crippen molar-refractivity contribution >= 4 is 27.0 Å². The number of hydrogen-bond acceptors (Lipinski definition) is 3. The van der Waals surface area contributed by atoms with E-state index in [1.54, 1.807) is 18.2 Å². The van der Waals surface area contributed by atoms with Crippen molar-refractivity contribution in [3.63, 3.8) is 0 Å². The molecule has 1 unspecified atom stereocenters. The van der Waals surface area contributed by atoms with E-state index >= 15 is 0 Å². The first-order chi connectivity index (χ1) is 10.8. The molecule has 0 amide bonds. The third-order valence-corrected chi connectivity index (χ3v) is 5.13. The maximum absolute atomic E-state index is 11.1. The molecule has 8 heteroatoms. The van der Waals surface area contributed by atoms with Gasteiger partial charge in [0.05, 0.1) is 30.1 Å². The molecule has 2 aromatic rings. The molecule has 1 aromatic heterocycles. The fourth-order valence-corrected chi connectivity index (χ4v) is 3.74. The quantitative estimate of drug-likeness (QED) is 0.577. The van der Waals surface area contributed by atoms with Crippen LogP contribution >= 0.6 is 0 Å². The number of H-pyrrole nitrogens is 1. The molecule has 4 N–H and O–H groups in total. The predicted molar refractivity (Wildman–Crippen MR) is 84.4 cm³/mol. The standard InChI is InChI=1S/C15H18N2O5S/c18-15(19)10-2-3-13-12(8-10)11-4-6-17(9-14(11)16-13)5-1-7-23(20,21)22/h2-3,8,16H,1,4-7,9H2,(H,18,19)(H,20,21,22)/p+1. The van der Waals surface area contributed by atoms with E-state index in [1.165, 1.54) is 4.90 Å². The summed E-state index contributed by atoms with van der Waals surface area (Å²) in [4.78, 5) is 15.7. The van der Waals surface area contributed by atoms with Crippen LogP contribution in [0.2, 0.25) is 0 Å². The summed E-state index contributed by atoms with van der Waals surface area (Å²) in [6.45, 7) is 2.29. The van der Waals surface area contributed by atoms with Crippen LogP contribution in [0.25, 0.3) is 10.9 Å². The summed E-state index contributed by atoms with van der Waals surface area (Å²) < 4.78 is 30.3. The minimum atomic E-state index is -3.90. The third kappa shape index (κ3) is 3.54. The number of fused-ring (bicyclic) bond motifs is 3. The van der Waals surface area contributed by atoms with Crippen LogP contribution < -0.4 is 4.90 Å². The van der Waals surface area contributed by atoms with Crippen molar-refractivity contribution in [3.8, 4) is 0 Å². The largest absolute Gasteiger partial charge is 0.478 e. The lowest BCUT2D eigenvalue weighted by Crippen LogP contribution is -3.11. The number of benzene rings is 1. The van der Waals surface area contributed by atoms with Crippen LogP contribution in [0.3, 0.4) is 0 Å². The normalized spacial score (nSPS) is 18.0. The highest BCUT2D eigenvalue weighted by molar-refractivity contribution is 7.85. The first-order valence-electron chi connectivity index (χ1n) is 7.49. The van der Waals surface area contributed by atoms with Gasteiger partial charge in [-0.15, -0.1) is 0 Å². The molecule has 124 valence electrons. The van der Waals surface area contributed by atoms with Gasteiger partial charge in [0, 0.05) is 23.7 Å². The van der Waals surface area contributed by atoms with Crippen LogP contribution in [0.1, 0.15) is 28.0 Å². The number of quaternary nitrogens is 1. The van der Waals surface area contributed by atoms with Gasteiger partial charge in [0.25, 0.3) is 10.1 Å². The first-order valence-corrected chi connectivity index (χ1v) is 9.10. The minimum absolute atomic E-state index is 0.210. The zero-order chi connectivity index (χ0) is 16.6. The van der Waals surface area contributed by atoms with E-state index in [0.29, 0.717) is 13.0 Å². The molecule has 1 atom stereocenters. The molecule has 0 saturated heterocycles. The Labute approximate surface area is 133 Å². The molecule has 0 aliphatic carbocycles. The van der Waals surface area contributed by atoms with Gasteiger partial charge in [-0.1, -0.05) is 0 Å². The van der Waals surface area contributed by atoms with Gasteiger partial charge >= 0.3 is 5.97 Å². The third-order valence-electron chi connectivity index (χ3n) is 4.33. The highest BCUT2D eigenvalue weighted by atomic mass is 32.2. The van der Waals surface area contributed by atoms with Gasteiger partial charge in [0.15, 0.2) is 0 Å². The summed E-state index contributed by atoms with van der Waals surface area (Å²) in [6, 6.07) is 5.08. The number of aromatic carboxylic acids is 1. The summed E-state index contributed by atoms with van der Waals surface area (Å²) in [5.74, 6) is -1.15. The second-order valence-electron chi connectivity index (χ2n) is 5.96. The van der Waals surface area contributed by atoms with Crippen LogP contribution in [0.5, 0.6) is 0 Å². The van der Waals surface area contributed by atoms with E-state index < -0.39 is 16.1 Å². The highest BCUT2D eigenvalue weighted by Gasteiger charge is 2.24. The smallest absolute Gasteiger partial charge is 0.335 e. The Morgan fingerprint density at radius 1 is 1.35 bits per heavy atom. The molecule has 0 bridgehead atoms. The Morgan fingerprint density at radius 2 is 2.13 bits per heavy atom. The predicted octanol–water partition coefficient (Wildman–Crippen LogP) is 0.0850. The van der Waals surface area contributed by atoms with Crippen LogP contribution in [0, 0.1) is 0 Å². The van der Waals surface area contributed by atoms with Gasteiger partial charge in [-0.3, -0.25) is 4.55 Å². The summed E-state index contributed by atoms with van der Waals surface area (Å²) in [5, 5.41) is 10.1. The topological polar surface area (TPSA) is 112 Å². The van der Waals surface area contributed by atoms with Crippen molar-refractivity contribution in [1.29, 1.82) is 0 Å². The van der Waals surface area contributed by atoms with Crippen molar-refractivity contribution in [3.05, 3.63) is 35.0 Å². The van der Waals surface area contributed by atoms with Crippen LogP contribution in [0.15, 0.2) is 18.2 Å². The molecule has 0 fully saturated rings. The molecule has 1 aliphatic rings. The number of carbonyl (C=O) groups is 1. The van der Waals surface area contributed by atoms with E-state index in [4.69, 9.17) is 9.66 Å². The average Bonchev–Trinajstić information content (AvgIpc) is 2.82. The number of carboxylic acids is 1. The molecule has 23 heavy (non-hydrogen) atoms. The van der Waals surface area contributed by atoms with Gasteiger partial charge < -0.3 is 15.0 Å². The molecule has 0 spiro atoms. The molecule has 0 radical (unpaired) electrons. The number of rotatable bonds is 5. The van der Waals surface area contributed by atoms with E-state index in [1.807, 2.05) is 0 Å². The second kappa shape index (κ2) is 5.95. The number of nitrogens with one attached hydrogen (secondary N) is 2. The minimum Gasteiger partial charge on any atom is -0.478 e. The van der Waals surface area contributed by atoms with Crippen molar-refractivity contribution in [2.45, 2.75) is 19.4 Å². The number of aromatic nitrogens is 1. The summed E-state index contributed by atoms with van der Waals surface area (Å²) in [5.41, 5.74) is 3.44. The highest BCUT2D eigenvalue weighted by Crippen LogP contribution is 2.25. The fraction of sp³-hybridized carbons (Fsp3) is 0.400. The second-order valence-corrected chi connectivity index (χ2v) is 7.54. The molecule has 7 nitrogen and oxygen atoms in total. The molecular weight excluding hydrogens is 320 g/mol. The lowest BCUT2D eigenvalue weighted by Gasteiger charge is -2.23. The molecule has 2 heterocycles. The zero-order valence-electron chi connectivity index (χ0n) is 12.5. The molecule has 1 aromatic carbocycles. The maximum atomic E-state index is 11.1. The Bertz CT molecular complexity index is 856. The van der Waals surface area contributed by atoms with Gasteiger partial charge in [-0.25, -0.2) is 4.79 Å². The van der Waals surface area contributed by atoms with E-state index in [0.717, 1.165) is 41.7 Å². The summed E-state index contributed by atoms with van der Waals surface area (Å²) in [6.07, 6.45) is 1.24. The van der Waals surface area contributed by atoms with Crippen molar-refractivity contribution in [2.24, 2.45) is 0 Å². The fourth-order valence-electron chi connectivity index (χ4n) is 3.23. The van der Waals surface area contributed by atoms with Crippen molar-refractivity contribution in [2.75, 3.05) is 18.8 Å². The van der Waals surface area contributed by atoms with Crippen LogP contribution in [-0.4, -0.2) is 47.9 Å². The Morgan fingerprint density at radius 3 is 2.83 bits per heavy atom. The molecule has 1 aliphatic heterocycles. The maximum Gasteiger partial charge on any atom is 0.335 e. The lowest BCUT2D eigenvalue weighted by atomic mass is 10.0. The van der Waals surface area contributed by atoms with Crippen LogP contribution in [0.4, 0.5) is 0 Å². The number of hydrogen-bond donors (Lipinski definition) is 4. The van der Waals surface area contributed by atoms with Gasteiger partial charge in [-0.05, 0) is 23.8 Å². The van der Waals surface area contributed by atoms with Gasteiger partial charge in [0.2, 0.25) is 0 Å².